The van der Waals surface area contributed by atoms with Crippen molar-refractivity contribution in [3.05, 3.63) is 65.4 Å². The number of nitrogens with one attached hydrogen (secondary N) is 1. The van der Waals surface area contributed by atoms with Crippen molar-refractivity contribution in [2.45, 2.75) is 49.9 Å². The summed E-state index contributed by atoms with van der Waals surface area (Å²) in [6, 6.07) is 12.2. The van der Waals surface area contributed by atoms with Crippen molar-refractivity contribution in [1.82, 2.24) is 9.88 Å². The van der Waals surface area contributed by atoms with E-state index >= 15 is 0 Å². The quantitative estimate of drug-likeness (QED) is 0.567. The van der Waals surface area contributed by atoms with E-state index in [0.717, 1.165) is 22.2 Å². The molecule has 0 aliphatic carbocycles. The molecule has 2 aromatic carbocycles. The van der Waals surface area contributed by atoms with Crippen LogP contribution in [0.25, 0.3) is 10.9 Å². The molecule has 174 valence electrons. The summed E-state index contributed by atoms with van der Waals surface area (Å²) in [5.41, 5.74) is 3.64. The first kappa shape index (κ1) is 21.8. The number of aliphatic hydroxyl groups excluding tert-OH is 1. The second-order valence-corrected chi connectivity index (χ2v) is 8.53. The van der Waals surface area contributed by atoms with Gasteiger partial charge in [0.25, 0.3) is 0 Å². The predicted molar refractivity (Wildman–Crippen MR) is 113 cm³/mol. The Labute approximate surface area is 187 Å². The number of hydrogen-bond acceptors (Lipinski definition) is 5. The first-order chi connectivity index (χ1) is 15.7. The Bertz CT molecular complexity index is 1170. The van der Waals surface area contributed by atoms with Crippen LogP contribution in [0.4, 0.5) is 13.2 Å². The number of H-pyrrole nitrogens is 1. The normalized spacial score (nSPS) is 25.4. The van der Waals surface area contributed by atoms with Gasteiger partial charge in [-0.1, -0.05) is 30.3 Å². The maximum Gasteiger partial charge on any atom is 0.573 e. The lowest BCUT2D eigenvalue weighted by molar-refractivity contribution is -0.274. The van der Waals surface area contributed by atoms with Crippen LogP contribution in [0.15, 0.2) is 48.5 Å². The lowest BCUT2D eigenvalue weighted by Gasteiger charge is -2.49. The Morgan fingerprint density at radius 2 is 1.79 bits per heavy atom. The molecule has 4 atom stereocenters. The van der Waals surface area contributed by atoms with Crippen molar-refractivity contribution < 1.29 is 32.5 Å². The van der Waals surface area contributed by atoms with Gasteiger partial charge < -0.3 is 19.6 Å². The van der Waals surface area contributed by atoms with Crippen molar-refractivity contribution in [3.8, 4) is 5.75 Å². The Morgan fingerprint density at radius 3 is 2.48 bits per heavy atom. The second-order valence-electron chi connectivity index (χ2n) is 8.53. The van der Waals surface area contributed by atoms with E-state index < -0.39 is 18.5 Å². The molecule has 0 spiro atoms. The summed E-state index contributed by atoms with van der Waals surface area (Å²) in [6.45, 7) is 0. The number of carbonyl (C=O) groups is 1. The number of methoxy groups -OCH3 is 1. The molecule has 1 saturated heterocycles. The van der Waals surface area contributed by atoms with E-state index in [9.17, 15) is 23.1 Å². The van der Waals surface area contributed by atoms with Crippen molar-refractivity contribution in [1.29, 1.82) is 0 Å². The molecule has 0 unspecified atom stereocenters. The Hall–Kier alpha value is -3.04. The van der Waals surface area contributed by atoms with E-state index in [4.69, 9.17) is 4.74 Å². The zero-order chi connectivity index (χ0) is 23.3. The highest BCUT2D eigenvalue weighted by Gasteiger charge is 2.48. The molecule has 0 radical (unpaired) electrons. The van der Waals surface area contributed by atoms with Crippen molar-refractivity contribution in [2.75, 3.05) is 7.11 Å². The number of carbonyl (C=O) groups excluding carboxylic acids is 1. The molecule has 2 N–H and O–H groups in total. The average Bonchev–Trinajstić information content (AvgIpc) is 3.16. The number of rotatable bonds is 3. The molecular weight excluding hydrogens is 437 g/mol. The topological polar surface area (TPSA) is 74.8 Å². The maximum atomic E-state index is 12.9. The SMILES string of the molecule is COC(=O)[C@@H]1Cc2c([nH]c3ccccc23)[C@H]2C[C@@H](O)C[C@@H](c3ccc(OC(F)(F)F)cc3)N21. The average molecular weight is 460 g/mol. The number of alkyl halides is 3. The minimum Gasteiger partial charge on any atom is -0.468 e. The van der Waals surface area contributed by atoms with Gasteiger partial charge in [0, 0.05) is 29.1 Å². The molecule has 9 heteroatoms. The molecule has 0 saturated carbocycles. The number of hydrogen-bond donors (Lipinski definition) is 2. The summed E-state index contributed by atoms with van der Waals surface area (Å²) >= 11 is 0. The van der Waals surface area contributed by atoms with Gasteiger partial charge in [-0.3, -0.25) is 9.69 Å². The fourth-order valence-electron chi connectivity index (χ4n) is 5.34. The molecule has 0 amide bonds. The Kier molecular flexibility index (Phi) is 5.33. The second kappa shape index (κ2) is 8.07. The summed E-state index contributed by atoms with van der Waals surface area (Å²) in [6.07, 6.45) is -4.21. The number of ether oxygens (including phenoxy) is 2. The first-order valence-electron chi connectivity index (χ1n) is 10.7. The molecule has 6 nitrogen and oxygen atoms in total. The highest BCUT2D eigenvalue weighted by Crippen LogP contribution is 2.49. The third-order valence-corrected chi connectivity index (χ3v) is 6.62. The molecule has 5 rings (SSSR count). The zero-order valence-electron chi connectivity index (χ0n) is 17.8. The minimum atomic E-state index is -4.78. The number of halogens is 3. The van der Waals surface area contributed by atoms with Gasteiger partial charge in [-0.2, -0.15) is 0 Å². The summed E-state index contributed by atoms with van der Waals surface area (Å²) < 4.78 is 46.8. The van der Waals surface area contributed by atoms with E-state index in [0.29, 0.717) is 24.8 Å². The van der Waals surface area contributed by atoms with Gasteiger partial charge in [0.2, 0.25) is 0 Å². The summed E-state index contributed by atoms with van der Waals surface area (Å²) in [5, 5.41) is 11.8. The minimum absolute atomic E-state index is 0.273. The lowest BCUT2D eigenvalue weighted by atomic mass is 9.80. The first-order valence-corrected chi connectivity index (χ1v) is 10.7. The standard InChI is InChI=1S/C24H23F3N2O4/c1-32-23(31)21-12-17-16-4-2-3-5-18(16)28-22(17)20-11-14(30)10-19(29(20)21)13-6-8-15(9-7-13)33-24(25,26)27/h2-9,14,19-21,28,30H,10-12H2,1H3/t14-,19-,20+,21-/m0/s1. The van der Waals surface area contributed by atoms with Crippen molar-refractivity contribution >= 4 is 16.9 Å². The van der Waals surface area contributed by atoms with E-state index in [1.165, 1.54) is 19.2 Å². The summed E-state index contributed by atoms with van der Waals surface area (Å²) in [7, 11) is 1.35. The van der Waals surface area contributed by atoms with Gasteiger partial charge in [-0.05, 0) is 42.2 Å². The number of benzene rings is 2. The Morgan fingerprint density at radius 1 is 1.09 bits per heavy atom. The highest BCUT2D eigenvalue weighted by atomic mass is 19.4. The van der Waals surface area contributed by atoms with Crippen LogP contribution in [0, 0.1) is 0 Å². The molecule has 3 heterocycles. The lowest BCUT2D eigenvalue weighted by Crippen LogP contribution is -2.53. The number of fused-ring (bicyclic) bond motifs is 5. The monoisotopic (exact) mass is 460 g/mol. The number of nitrogens with zero attached hydrogens (tertiary/aromatic N) is 1. The van der Waals surface area contributed by atoms with Gasteiger partial charge in [0.15, 0.2) is 0 Å². The zero-order valence-corrected chi connectivity index (χ0v) is 17.8. The van der Waals surface area contributed by atoms with E-state index in [-0.39, 0.29) is 23.8 Å². The van der Waals surface area contributed by atoms with Gasteiger partial charge in [-0.25, -0.2) is 0 Å². The van der Waals surface area contributed by atoms with Gasteiger partial charge in [0.1, 0.15) is 11.8 Å². The summed E-state index contributed by atoms with van der Waals surface area (Å²) in [4.78, 5) is 18.4. The number of esters is 1. The highest BCUT2D eigenvalue weighted by molar-refractivity contribution is 5.87. The molecule has 0 bridgehead atoms. The predicted octanol–water partition coefficient (Wildman–Crippen LogP) is 4.40. The van der Waals surface area contributed by atoms with E-state index in [2.05, 4.69) is 9.72 Å². The third-order valence-electron chi connectivity index (χ3n) is 6.62. The molecule has 33 heavy (non-hydrogen) atoms. The van der Waals surface area contributed by atoms with Crippen LogP contribution in [0.1, 0.15) is 41.7 Å². The van der Waals surface area contributed by atoms with Crippen LogP contribution in [-0.4, -0.2) is 46.6 Å². The van der Waals surface area contributed by atoms with Gasteiger partial charge >= 0.3 is 12.3 Å². The van der Waals surface area contributed by atoms with E-state index in [1.54, 1.807) is 12.1 Å². The number of aromatic amines is 1. The van der Waals surface area contributed by atoms with Crippen LogP contribution >= 0.6 is 0 Å². The van der Waals surface area contributed by atoms with Gasteiger partial charge in [-0.15, -0.1) is 13.2 Å². The number of piperidine rings is 1. The van der Waals surface area contributed by atoms with Crippen LogP contribution in [0.2, 0.25) is 0 Å². The third kappa shape index (κ3) is 3.95. The molecule has 1 fully saturated rings. The summed E-state index contributed by atoms with van der Waals surface area (Å²) in [5.74, 6) is -0.699. The number of aromatic nitrogens is 1. The Balaban J connectivity index is 1.57. The van der Waals surface area contributed by atoms with Crippen molar-refractivity contribution in [3.63, 3.8) is 0 Å². The van der Waals surface area contributed by atoms with Crippen LogP contribution in [0.3, 0.4) is 0 Å². The maximum absolute atomic E-state index is 12.9. The fourth-order valence-corrected chi connectivity index (χ4v) is 5.34. The number of para-hydroxylation sites is 1. The van der Waals surface area contributed by atoms with Crippen molar-refractivity contribution in [2.24, 2.45) is 0 Å². The molecular formula is C24H23F3N2O4. The van der Waals surface area contributed by atoms with Gasteiger partial charge in [0.05, 0.1) is 19.3 Å². The van der Waals surface area contributed by atoms with Crippen LogP contribution in [0.5, 0.6) is 5.75 Å². The number of aliphatic hydroxyl groups is 1. The molecule has 2 aliphatic rings. The van der Waals surface area contributed by atoms with Crippen LogP contribution in [-0.2, 0) is 16.0 Å². The molecule has 1 aromatic heterocycles. The fraction of sp³-hybridized carbons (Fsp3) is 0.375. The molecule has 3 aromatic rings. The smallest absolute Gasteiger partial charge is 0.468 e. The van der Waals surface area contributed by atoms with E-state index in [1.807, 2.05) is 29.2 Å². The van der Waals surface area contributed by atoms with Crippen LogP contribution < -0.4 is 4.74 Å². The molecule has 2 aliphatic heterocycles. The largest absolute Gasteiger partial charge is 0.573 e.